The van der Waals surface area contributed by atoms with Gasteiger partial charge >= 0.3 is 0 Å². The second-order valence-electron chi connectivity index (χ2n) is 3.20. The molecule has 1 aromatic heterocycles. The Morgan fingerprint density at radius 1 is 1.58 bits per heavy atom. The Bertz CT molecular complexity index is 206. The van der Waals surface area contributed by atoms with Crippen molar-refractivity contribution in [2.75, 3.05) is 6.61 Å². The summed E-state index contributed by atoms with van der Waals surface area (Å²) in [4.78, 5) is 2.97. The number of nitrogens with one attached hydrogen (secondary N) is 2. The Hall–Kier alpha value is -0.800. The van der Waals surface area contributed by atoms with E-state index in [4.69, 9.17) is 5.11 Å². The van der Waals surface area contributed by atoms with Crippen molar-refractivity contribution in [3.05, 3.63) is 24.0 Å². The van der Waals surface area contributed by atoms with Crippen molar-refractivity contribution in [1.82, 2.24) is 10.3 Å². The van der Waals surface area contributed by atoms with Crippen molar-refractivity contribution in [3.8, 4) is 0 Å². The molecule has 0 radical (unpaired) electrons. The van der Waals surface area contributed by atoms with Gasteiger partial charge in [-0.05, 0) is 11.6 Å². The molecule has 1 rings (SSSR count). The highest BCUT2D eigenvalue weighted by Crippen LogP contribution is 2.11. The highest BCUT2D eigenvalue weighted by molar-refractivity contribution is 5.13. The molecule has 0 saturated heterocycles. The minimum atomic E-state index is 0.0521. The standard InChI is InChI=1S/C9H16N2O/c1-7(2)11-9(6-12)8-3-4-10-5-8/h3-5,7,9-12H,6H2,1-2H3. The lowest BCUT2D eigenvalue weighted by molar-refractivity contribution is 0.237. The Morgan fingerprint density at radius 2 is 2.33 bits per heavy atom. The zero-order valence-corrected chi connectivity index (χ0v) is 7.54. The second kappa shape index (κ2) is 4.28. The van der Waals surface area contributed by atoms with Crippen molar-refractivity contribution in [1.29, 1.82) is 0 Å². The fraction of sp³-hybridized carbons (Fsp3) is 0.556. The normalized spacial score (nSPS) is 13.7. The van der Waals surface area contributed by atoms with Gasteiger partial charge in [0.05, 0.1) is 12.6 Å². The fourth-order valence-corrected chi connectivity index (χ4v) is 1.21. The number of hydrogen-bond donors (Lipinski definition) is 3. The maximum atomic E-state index is 9.07. The van der Waals surface area contributed by atoms with E-state index in [0.717, 1.165) is 5.56 Å². The summed E-state index contributed by atoms with van der Waals surface area (Å²) in [5, 5.41) is 12.3. The lowest BCUT2D eigenvalue weighted by atomic mass is 10.1. The summed E-state index contributed by atoms with van der Waals surface area (Å²) < 4.78 is 0. The van der Waals surface area contributed by atoms with Crippen LogP contribution in [0.25, 0.3) is 0 Å². The van der Waals surface area contributed by atoms with Crippen LogP contribution in [0.3, 0.4) is 0 Å². The Morgan fingerprint density at radius 3 is 2.75 bits per heavy atom. The summed E-state index contributed by atoms with van der Waals surface area (Å²) in [7, 11) is 0. The molecular formula is C9H16N2O. The molecule has 1 aromatic rings. The van der Waals surface area contributed by atoms with Crippen molar-refractivity contribution >= 4 is 0 Å². The van der Waals surface area contributed by atoms with Crippen LogP contribution in [0.15, 0.2) is 18.5 Å². The van der Waals surface area contributed by atoms with Crippen molar-refractivity contribution in [2.24, 2.45) is 0 Å². The molecule has 0 saturated carbocycles. The highest BCUT2D eigenvalue weighted by atomic mass is 16.3. The third-order valence-corrected chi connectivity index (χ3v) is 1.74. The number of aliphatic hydroxyl groups is 1. The minimum Gasteiger partial charge on any atom is -0.394 e. The predicted molar refractivity (Wildman–Crippen MR) is 48.9 cm³/mol. The molecule has 1 unspecified atom stereocenters. The number of aromatic amines is 1. The minimum absolute atomic E-state index is 0.0521. The van der Waals surface area contributed by atoms with E-state index in [1.807, 2.05) is 18.5 Å². The van der Waals surface area contributed by atoms with E-state index in [-0.39, 0.29) is 12.6 Å². The molecule has 0 aromatic carbocycles. The zero-order chi connectivity index (χ0) is 8.97. The van der Waals surface area contributed by atoms with Gasteiger partial charge in [0.15, 0.2) is 0 Å². The fourth-order valence-electron chi connectivity index (χ4n) is 1.21. The number of aliphatic hydroxyl groups excluding tert-OH is 1. The first-order chi connectivity index (χ1) is 5.74. The molecule has 68 valence electrons. The van der Waals surface area contributed by atoms with Crippen LogP contribution in [0.2, 0.25) is 0 Å². The van der Waals surface area contributed by atoms with Crippen LogP contribution in [0, 0.1) is 0 Å². The Labute approximate surface area is 72.8 Å². The number of hydrogen-bond acceptors (Lipinski definition) is 2. The topological polar surface area (TPSA) is 48.0 Å². The van der Waals surface area contributed by atoms with Gasteiger partial charge in [-0.3, -0.25) is 0 Å². The first-order valence-electron chi connectivity index (χ1n) is 4.23. The SMILES string of the molecule is CC(C)NC(CO)c1cc[nH]c1. The Kier molecular flexibility index (Phi) is 3.31. The van der Waals surface area contributed by atoms with Gasteiger partial charge in [-0.1, -0.05) is 13.8 Å². The lowest BCUT2D eigenvalue weighted by Crippen LogP contribution is -2.30. The van der Waals surface area contributed by atoms with Crippen LogP contribution in [0.1, 0.15) is 25.5 Å². The van der Waals surface area contributed by atoms with Crippen LogP contribution in [0.4, 0.5) is 0 Å². The monoisotopic (exact) mass is 168 g/mol. The molecular weight excluding hydrogens is 152 g/mol. The zero-order valence-electron chi connectivity index (χ0n) is 7.54. The number of rotatable bonds is 4. The molecule has 3 N–H and O–H groups in total. The third kappa shape index (κ3) is 2.36. The average molecular weight is 168 g/mol. The largest absolute Gasteiger partial charge is 0.394 e. The number of H-pyrrole nitrogens is 1. The van der Waals surface area contributed by atoms with Gasteiger partial charge in [0, 0.05) is 18.4 Å². The van der Waals surface area contributed by atoms with E-state index in [1.54, 1.807) is 0 Å². The van der Waals surface area contributed by atoms with Crippen molar-refractivity contribution < 1.29 is 5.11 Å². The van der Waals surface area contributed by atoms with Gasteiger partial charge in [0.2, 0.25) is 0 Å². The van der Waals surface area contributed by atoms with E-state index in [0.29, 0.717) is 6.04 Å². The molecule has 3 heteroatoms. The van der Waals surface area contributed by atoms with E-state index in [9.17, 15) is 0 Å². The quantitative estimate of drug-likeness (QED) is 0.629. The van der Waals surface area contributed by atoms with Crippen LogP contribution in [-0.2, 0) is 0 Å². The summed E-state index contributed by atoms with van der Waals surface area (Å²) in [6.07, 6.45) is 3.76. The highest BCUT2D eigenvalue weighted by Gasteiger charge is 2.10. The van der Waals surface area contributed by atoms with Gasteiger partial charge in [-0.15, -0.1) is 0 Å². The summed E-state index contributed by atoms with van der Waals surface area (Å²) in [5.74, 6) is 0. The molecule has 0 aliphatic heterocycles. The lowest BCUT2D eigenvalue weighted by Gasteiger charge is -2.17. The number of aromatic nitrogens is 1. The van der Waals surface area contributed by atoms with Gasteiger partial charge in [0.25, 0.3) is 0 Å². The molecule has 3 nitrogen and oxygen atoms in total. The molecule has 0 fully saturated rings. The third-order valence-electron chi connectivity index (χ3n) is 1.74. The van der Waals surface area contributed by atoms with E-state index in [1.165, 1.54) is 0 Å². The van der Waals surface area contributed by atoms with Gasteiger partial charge in [-0.2, -0.15) is 0 Å². The maximum Gasteiger partial charge on any atom is 0.0627 e. The molecule has 0 aliphatic rings. The molecule has 1 atom stereocenters. The van der Waals surface area contributed by atoms with E-state index < -0.39 is 0 Å². The first kappa shape index (κ1) is 9.29. The van der Waals surface area contributed by atoms with E-state index in [2.05, 4.69) is 24.1 Å². The summed E-state index contributed by atoms with van der Waals surface area (Å²) >= 11 is 0. The molecule has 0 spiro atoms. The molecule has 0 aliphatic carbocycles. The first-order valence-corrected chi connectivity index (χ1v) is 4.23. The summed E-state index contributed by atoms with van der Waals surface area (Å²) in [6, 6.07) is 2.41. The summed E-state index contributed by atoms with van der Waals surface area (Å²) in [6.45, 7) is 4.26. The van der Waals surface area contributed by atoms with Crippen LogP contribution >= 0.6 is 0 Å². The van der Waals surface area contributed by atoms with Crippen LogP contribution in [-0.4, -0.2) is 22.7 Å². The smallest absolute Gasteiger partial charge is 0.0627 e. The van der Waals surface area contributed by atoms with Crippen molar-refractivity contribution in [3.63, 3.8) is 0 Å². The van der Waals surface area contributed by atoms with Gasteiger partial charge < -0.3 is 15.4 Å². The molecule has 0 amide bonds. The molecule has 0 bridgehead atoms. The Balaban J connectivity index is 2.57. The van der Waals surface area contributed by atoms with Gasteiger partial charge in [-0.25, -0.2) is 0 Å². The second-order valence-corrected chi connectivity index (χ2v) is 3.20. The van der Waals surface area contributed by atoms with E-state index >= 15 is 0 Å². The van der Waals surface area contributed by atoms with Crippen molar-refractivity contribution in [2.45, 2.75) is 25.9 Å². The van der Waals surface area contributed by atoms with Crippen LogP contribution < -0.4 is 5.32 Å². The average Bonchev–Trinajstić information content (AvgIpc) is 2.51. The molecule has 12 heavy (non-hydrogen) atoms. The van der Waals surface area contributed by atoms with Crippen LogP contribution in [0.5, 0.6) is 0 Å². The van der Waals surface area contributed by atoms with Gasteiger partial charge in [0.1, 0.15) is 0 Å². The molecule has 1 heterocycles. The predicted octanol–water partition coefficient (Wildman–Crippen LogP) is 1.05. The summed E-state index contributed by atoms with van der Waals surface area (Å²) in [5.41, 5.74) is 1.10. The maximum absolute atomic E-state index is 9.07.